The van der Waals surface area contributed by atoms with Gasteiger partial charge in [0, 0.05) is 17.6 Å². The first kappa shape index (κ1) is 16.4. The fourth-order valence-corrected chi connectivity index (χ4v) is 3.20. The van der Waals surface area contributed by atoms with Crippen molar-refractivity contribution in [3.8, 4) is 0 Å². The number of carbonyl (C=O) groups excluding carboxylic acids is 2. The first-order valence-corrected chi connectivity index (χ1v) is 8.51. The molecule has 0 saturated carbocycles. The standard InChI is InChI=1S/C19H22N2O3/c1-3-20-18(22)12(2)24-19(23)17-13-8-4-6-10-15(13)21-16-11-7-5-9-14(16)17/h4,6,8,10,12H,3,5,7,9,11H2,1-2H3,(H,20,22)/t12-/m0/s1. The molecule has 0 spiro atoms. The number of benzene rings is 1. The predicted molar refractivity (Wildman–Crippen MR) is 91.9 cm³/mol. The van der Waals surface area contributed by atoms with E-state index in [1.165, 1.54) is 0 Å². The second-order valence-electron chi connectivity index (χ2n) is 6.08. The molecule has 0 saturated heterocycles. The largest absolute Gasteiger partial charge is 0.449 e. The van der Waals surface area contributed by atoms with Gasteiger partial charge in [-0.2, -0.15) is 0 Å². The van der Waals surface area contributed by atoms with Crippen molar-refractivity contribution in [1.82, 2.24) is 10.3 Å². The molecule has 1 aliphatic rings. The number of amides is 1. The van der Waals surface area contributed by atoms with Crippen LogP contribution >= 0.6 is 0 Å². The van der Waals surface area contributed by atoms with E-state index < -0.39 is 12.1 Å². The highest BCUT2D eigenvalue weighted by Crippen LogP contribution is 2.30. The molecule has 2 aromatic rings. The number of nitrogens with one attached hydrogen (secondary N) is 1. The third-order valence-electron chi connectivity index (χ3n) is 4.38. The van der Waals surface area contributed by atoms with Gasteiger partial charge in [0.25, 0.3) is 5.91 Å². The number of esters is 1. The van der Waals surface area contributed by atoms with Gasteiger partial charge in [-0.05, 0) is 51.2 Å². The third kappa shape index (κ3) is 3.11. The molecule has 0 aliphatic heterocycles. The summed E-state index contributed by atoms with van der Waals surface area (Å²) in [4.78, 5) is 29.4. The van der Waals surface area contributed by atoms with Crippen molar-refractivity contribution in [2.45, 2.75) is 45.6 Å². The molecule has 1 aromatic heterocycles. The molecule has 0 unspecified atom stereocenters. The van der Waals surface area contributed by atoms with Gasteiger partial charge in [-0.25, -0.2) is 4.79 Å². The lowest BCUT2D eigenvalue weighted by Gasteiger charge is -2.21. The highest BCUT2D eigenvalue weighted by atomic mass is 16.5. The molecule has 1 aromatic carbocycles. The van der Waals surface area contributed by atoms with Gasteiger partial charge < -0.3 is 10.1 Å². The Balaban J connectivity index is 2.01. The molecule has 1 heterocycles. The van der Waals surface area contributed by atoms with Crippen molar-refractivity contribution in [3.63, 3.8) is 0 Å². The van der Waals surface area contributed by atoms with Gasteiger partial charge in [-0.15, -0.1) is 0 Å². The topological polar surface area (TPSA) is 68.3 Å². The fraction of sp³-hybridized carbons (Fsp3) is 0.421. The van der Waals surface area contributed by atoms with E-state index in [2.05, 4.69) is 5.32 Å². The summed E-state index contributed by atoms with van der Waals surface area (Å²) in [7, 11) is 0. The summed E-state index contributed by atoms with van der Waals surface area (Å²) in [6.07, 6.45) is 3.02. The minimum atomic E-state index is -0.816. The summed E-state index contributed by atoms with van der Waals surface area (Å²) in [5.74, 6) is -0.719. The summed E-state index contributed by atoms with van der Waals surface area (Å²) in [5.41, 5.74) is 3.34. The van der Waals surface area contributed by atoms with Crippen LogP contribution in [0.25, 0.3) is 10.9 Å². The molecule has 5 nitrogen and oxygen atoms in total. The van der Waals surface area contributed by atoms with Crippen LogP contribution in [-0.2, 0) is 22.4 Å². The smallest absolute Gasteiger partial charge is 0.339 e. The number of ether oxygens (including phenoxy) is 1. The summed E-state index contributed by atoms with van der Waals surface area (Å²) >= 11 is 0. The molecule has 1 atom stereocenters. The monoisotopic (exact) mass is 326 g/mol. The molecule has 1 amide bonds. The summed E-state index contributed by atoms with van der Waals surface area (Å²) in [5, 5.41) is 3.47. The van der Waals surface area contributed by atoms with Crippen molar-refractivity contribution in [1.29, 1.82) is 0 Å². The van der Waals surface area contributed by atoms with Crippen LogP contribution < -0.4 is 5.32 Å². The normalized spacial score (nSPS) is 14.8. The summed E-state index contributed by atoms with van der Waals surface area (Å²) < 4.78 is 5.45. The van der Waals surface area contributed by atoms with Crippen molar-refractivity contribution >= 4 is 22.8 Å². The maximum atomic E-state index is 12.8. The first-order chi connectivity index (χ1) is 11.6. The molecule has 1 N–H and O–H groups in total. The molecule has 0 radical (unpaired) electrons. The lowest BCUT2D eigenvalue weighted by atomic mass is 9.90. The number of fused-ring (bicyclic) bond motifs is 2. The maximum absolute atomic E-state index is 12.8. The molecule has 126 valence electrons. The van der Waals surface area contributed by atoms with Crippen LogP contribution in [0.15, 0.2) is 24.3 Å². The summed E-state index contributed by atoms with van der Waals surface area (Å²) in [6.45, 7) is 3.94. The molecule has 3 rings (SSSR count). The SMILES string of the molecule is CCNC(=O)[C@H](C)OC(=O)c1c2c(nc3ccccc13)CCCC2. The molecule has 0 bridgehead atoms. The number of pyridine rings is 1. The number of likely N-dealkylation sites (N-methyl/N-ethyl adjacent to an activating group) is 1. The molecule has 0 fully saturated rings. The van der Waals surface area contributed by atoms with E-state index in [0.29, 0.717) is 12.1 Å². The van der Waals surface area contributed by atoms with Crippen LogP contribution in [0, 0.1) is 0 Å². The highest BCUT2D eigenvalue weighted by Gasteiger charge is 2.26. The van der Waals surface area contributed by atoms with Crippen LogP contribution in [0.5, 0.6) is 0 Å². The van der Waals surface area contributed by atoms with E-state index in [1.54, 1.807) is 6.92 Å². The number of hydrogen-bond donors (Lipinski definition) is 1. The Morgan fingerprint density at radius 3 is 2.79 bits per heavy atom. The van der Waals surface area contributed by atoms with Crippen LogP contribution in [0.3, 0.4) is 0 Å². The number of aryl methyl sites for hydroxylation is 1. The fourth-order valence-electron chi connectivity index (χ4n) is 3.20. The molecule has 24 heavy (non-hydrogen) atoms. The van der Waals surface area contributed by atoms with Gasteiger partial charge in [0.2, 0.25) is 0 Å². The van der Waals surface area contributed by atoms with Gasteiger partial charge in [-0.1, -0.05) is 18.2 Å². The average molecular weight is 326 g/mol. The Morgan fingerprint density at radius 1 is 1.25 bits per heavy atom. The quantitative estimate of drug-likeness (QED) is 0.877. The zero-order chi connectivity index (χ0) is 17.1. The highest BCUT2D eigenvalue weighted by molar-refractivity contribution is 6.05. The van der Waals surface area contributed by atoms with Gasteiger partial charge in [0.1, 0.15) is 0 Å². The number of para-hydroxylation sites is 1. The van der Waals surface area contributed by atoms with E-state index >= 15 is 0 Å². The Hall–Kier alpha value is -2.43. The number of hydrogen-bond acceptors (Lipinski definition) is 4. The van der Waals surface area contributed by atoms with Gasteiger partial charge in [0.15, 0.2) is 6.10 Å². The first-order valence-electron chi connectivity index (χ1n) is 8.51. The lowest BCUT2D eigenvalue weighted by Crippen LogP contribution is -2.35. The summed E-state index contributed by atoms with van der Waals surface area (Å²) in [6, 6.07) is 7.61. The van der Waals surface area contributed by atoms with E-state index in [0.717, 1.165) is 47.8 Å². The lowest BCUT2D eigenvalue weighted by molar-refractivity contribution is -0.128. The van der Waals surface area contributed by atoms with Gasteiger partial charge in [-0.3, -0.25) is 9.78 Å². The van der Waals surface area contributed by atoms with Crippen molar-refractivity contribution < 1.29 is 14.3 Å². The number of aromatic nitrogens is 1. The van der Waals surface area contributed by atoms with Crippen LogP contribution in [0.4, 0.5) is 0 Å². The zero-order valence-corrected chi connectivity index (χ0v) is 14.1. The van der Waals surface area contributed by atoms with Gasteiger partial charge in [0.05, 0.1) is 11.1 Å². The second kappa shape index (κ2) is 6.99. The van der Waals surface area contributed by atoms with Crippen LogP contribution in [-0.4, -0.2) is 29.5 Å². The Bertz CT molecular complexity index is 786. The number of nitrogens with zero attached hydrogens (tertiary/aromatic N) is 1. The number of carbonyl (C=O) groups is 2. The zero-order valence-electron chi connectivity index (χ0n) is 14.1. The molecule has 1 aliphatic carbocycles. The van der Waals surface area contributed by atoms with Crippen molar-refractivity contribution in [3.05, 3.63) is 41.1 Å². The van der Waals surface area contributed by atoms with E-state index in [-0.39, 0.29) is 5.91 Å². The molecule has 5 heteroatoms. The Morgan fingerprint density at radius 2 is 2.00 bits per heavy atom. The molecular weight excluding hydrogens is 304 g/mol. The average Bonchev–Trinajstić information content (AvgIpc) is 2.59. The Kier molecular flexibility index (Phi) is 4.79. The minimum Gasteiger partial charge on any atom is -0.449 e. The van der Waals surface area contributed by atoms with Gasteiger partial charge >= 0.3 is 5.97 Å². The van der Waals surface area contributed by atoms with Crippen LogP contribution in [0.2, 0.25) is 0 Å². The molecular formula is C19H22N2O3. The predicted octanol–water partition coefficient (Wildman–Crippen LogP) is 2.80. The van der Waals surface area contributed by atoms with Crippen molar-refractivity contribution in [2.75, 3.05) is 6.54 Å². The van der Waals surface area contributed by atoms with E-state index in [4.69, 9.17) is 9.72 Å². The second-order valence-corrected chi connectivity index (χ2v) is 6.08. The maximum Gasteiger partial charge on any atom is 0.339 e. The Labute approximate surface area is 141 Å². The van der Waals surface area contributed by atoms with E-state index in [9.17, 15) is 9.59 Å². The van der Waals surface area contributed by atoms with Crippen molar-refractivity contribution in [2.24, 2.45) is 0 Å². The minimum absolute atomic E-state index is 0.280. The van der Waals surface area contributed by atoms with Crippen LogP contribution in [0.1, 0.15) is 48.3 Å². The third-order valence-corrected chi connectivity index (χ3v) is 4.38. The van der Waals surface area contributed by atoms with E-state index in [1.807, 2.05) is 31.2 Å². The number of rotatable bonds is 4.